The number of rotatable bonds is 4. The lowest BCUT2D eigenvalue weighted by molar-refractivity contribution is 0.307. The number of phenols is 1. The van der Waals surface area contributed by atoms with Crippen molar-refractivity contribution in [1.29, 1.82) is 0 Å². The number of hydrogen-bond acceptors (Lipinski definition) is 7. The number of benzene rings is 2. The van der Waals surface area contributed by atoms with Gasteiger partial charge < -0.3 is 15.7 Å². The summed E-state index contributed by atoms with van der Waals surface area (Å²) in [6.07, 6.45) is 0. The van der Waals surface area contributed by atoms with Crippen LogP contribution in [-0.2, 0) is 10.0 Å². The molecular weight excluding hydrogens is 402 g/mol. The Morgan fingerprint density at radius 1 is 1.03 bits per heavy atom. The van der Waals surface area contributed by atoms with Crippen molar-refractivity contribution in [1.82, 2.24) is 14.5 Å². The van der Waals surface area contributed by atoms with Gasteiger partial charge in [-0.3, -0.25) is 0 Å². The van der Waals surface area contributed by atoms with E-state index in [0.29, 0.717) is 36.6 Å². The van der Waals surface area contributed by atoms with Gasteiger partial charge in [0.25, 0.3) is 0 Å². The monoisotopic (exact) mass is 425 g/mol. The fourth-order valence-corrected chi connectivity index (χ4v) is 5.35. The number of anilines is 2. The Morgan fingerprint density at radius 2 is 1.73 bits per heavy atom. The molecule has 0 amide bonds. The van der Waals surface area contributed by atoms with Gasteiger partial charge in [-0.05, 0) is 37.3 Å². The molecule has 8 nitrogen and oxygen atoms in total. The van der Waals surface area contributed by atoms with Crippen LogP contribution in [0.5, 0.6) is 5.75 Å². The highest BCUT2D eigenvalue weighted by Gasteiger charge is 2.34. The summed E-state index contributed by atoms with van der Waals surface area (Å²) in [6, 6.07) is 16.9. The fraction of sp³-hybridized carbons (Fsp3) is 0.238. The maximum Gasteiger partial charge on any atom is 0.243 e. The zero-order valence-electron chi connectivity index (χ0n) is 16.5. The van der Waals surface area contributed by atoms with Gasteiger partial charge in [0, 0.05) is 31.2 Å². The van der Waals surface area contributed by atoms with Gasteiger partial charge in [-0.15, -0.1) is 10.2 Å². The number of nitrogens with two attached hydrogens (primary N) is 1. The predicted molar refractivity (Wildman–Crippen MR) is 116 cm³/mol. The molecular formula is C21H23N5O3S. The van der Waals surface area contributed by atoms with Crippen LogP contribution in [0.3, 0.4) is 0 Å². The molecule has 2 heterocycles. The average Bonchev–Trinajstić information content (AvgIpc) is 2.75. The minimum atomic E-state index is -3.57. The maximum absolute atomic E-state index is 13.0. The summed E-state index contributed by atoms with van der Waals surface area (Å²) >= 11 is 0. The molecule has 0 spiro atoms. The van der Waals surface area contributed by atoms with Crippen LogP contribution in [-0.4, -0.2) is 53.7 Å². The third kappa shape index (κ3) is 3.69. The van der Waals surface area contributed by atoms with Gasteiger partial charge in [-0.25, -0.2) is 8.42 Å². The summed E-state index contributed by atoms with van der Waals surface area (Å²) in [4.78, 5) is 2.30. The predicted octanol–water partition coefficient (Wildman–Crippen LogP) is 2.33. The first-order chi connectivity index (χ1) is 14.4. The van der Waals surface area contributed by atoms with E-state index in [0.717, 1.165) is 0 Å². The van der Waals surface area contributed by atoms with E-state index < -0.39 is 10.0 Å². The molecule has 0 saturated carbocycles. The smallest absolute Gasteiger partial charge is 0.243 e. The molecule has 156 valence electrons. The zero-order chi connectivity index (χ0) is 21.3. The Kier molecular flexibility index (Phi) is 5.31. The van der Waals surface area contributed by atoms with Crippen molar-refractivity contribution in [2.75, 3.05) is 30.3 Å². The Balaban J connectivity index is 1.59. The molecule has 0 aliphatic carbocycles. The van der Waals surface area contributed by atoms with Crippen LogP contribution in [0.4, 0.5) is 11.5 Å². The van der Waals surface area contributed by atoms with Gasteiger partial charge in [0.2, 0.25) is 10.0 Å². The minimum absolute atomic E-state index is 0.106. The number of aromatic nitrogens is 2. The van der Waals surface area contributed by atoms with E-state index in [4.69, 9.17) is 5.73 Å². The fourth-order valence-electron chi connectivity index (χ4n) is 3.71. The van der Waals surface area contributed by atoms with Gasteiger partial charge >= 0.3 is 0 Å². The second-order valence-electron chi connectivity index (χ2n) is 7.24. The molecule has 2 aromatic carbocycles. The molecule has 0 bridgehead atoms. The van der Waals surface area contributed by atoms with Gasteiger partial charge in [0.1, 0.15) is 5.75 Å². The molecule has 0 radical (unpaired) electrons. The van der Waals surface area contributed by atoms with Crippen LogP contribution in [0.25, 0.3) is 11.3 Å². The van der Waals surface area contributed by atoms with Crippen molar-refractivity contribution >= 4 is 21.5 Å². The normalized spacial score (nSPS) is 17.8. The average molecular weight is 426 g/mol. The van der Waals surface area contributed by atoms with Crippen molar-refractivity contribution < 1.29 is 13.5 Å². The first-order valence-corrected chi connectivity index (χ1v) is 11.1. The first-order valence-electron chi connectivity index (χ1n) is 9.61. The molecule has 3 aromatic rings. The second-order valence-corrected chi connectivity index (χ2v) is 9.13. The highest BCUT2D eigenvalue weighted by molar-refractivity contribution is 7.89. The van der Waals surface area contributed by atoms with E-state index in [9.17, 15) is 13.5 Å². The first kappa shape index (κ1) is 20.1. The van der Waals surface area contributed by atoms with E-state index >= 15 is 0 Å². The number of aromatic hydroxyl groups is 1. The zero-order valence-corrected chi connectivity index (χ0v) is 17.3. The summed E-state index contributed by atoms with van der Waals surface area (Å²) in [5.74, 6) is 0.371. The van der Waals surface area contributed by atoms with Crippen LogP contribution < -0.4 is 10.6 Å². The Labute approximate surface area is 175 Å². The standard InChI is InChI=1S/C21H23N5O3S/c1-15-14-25(11-12-26(15)30(28,29)16-7-3-2-4-8-16)19-13-18(23-24-21(19)22)17-9-5-6-10-20(17)27/h2-10,13,15,27H,11-12,14H2,1H3,(H2,22,24). The number of piperazine rings is 1. The van der Waals surface area contributed by atoms with E-state index in [1.54, 1.807) is 54.6 Å². The summed E-state index contributed by atoms with van der Waals surface area (Å²) in [6.45, 7) is 3.13. The number of nitrogen functional groups attached to an aromatic ring is 1. The second kappa shape index (κ2) is 7.92. The maximum atomic E-state index is 13.0. The van der Waals surface area contributed by atoms with Gasteiger partial charge in [-0.1, -0.05) is 30.3 Å². The number of sulfonamides is 1. The molecule has 1 unspecified atom stereocenters. The molecule has 1 saturated heterocycles. The van der Waals surface area contributed by atoms with E-state index in [-0.39, 0.29) is 22.5 Å². The van der Waals surface area contributed by atoms with Crippen LogP contribution in [0.1, 0.15) is 6.92 Å². The molecule has 1 aromatic heterocycles. The van der Waals surface area contributed by atoms with Crippen LogP contribution in [0.2, 0.25) is 0 Å². The molecule has 1 aliphatic heterocycles. The van der Waals surface area contributed by atoms with Crippen LogP contribution >= 0.6 is 0 Å². The van der Waals surface area contributed by atoms with Gasteiger partial charge in [0.15, 0.2) is 5.82 Å². The Morgan fingerprint density at radius 3 is 2.43 bits per heavy atom. The lowest BCUT2D eigenvalue weighted by Crippen LogP contribution is -2.54. The topological polar surface area (TPSA) is 113 Å². The van der Waals surface area contributed by atoms with E-state index in [1.165, 1.54) is 4.31 Å². The molecule has 9 heteroatoms. The molecule has 3 N–H and O–H groups in total. The summed E-state index contributed by atoms with van der Waals surface area (Å²) in [5.41, 5.74) is 7.82. The summed E-state index contributed by atoms with van der Waals surface area (Å²) < 4.78 is 27.6. The van der Waals surface area contributed by atoms with Crippen molar-refractivity contribution in [2.45, 2.75) is 17.9 Å². The number of phenolic OH excluding ortho intramolecular Hbond substituents is 1. The van der Waals surface area contributed by atoms with Crippen LogP contribution in [0.15, 0.2) is 65.6 Å². The quantitative estimate of drug-likeness (QED) is 0.660. The molecule has 1 fully saturated rings. The summed E-state index contributed by atoms with van der Waals surface area (Å²) in [7, 11) is -3.57. The highest BCUT2D eigenvalue weighted by Crippen LogP contribution is 2.32. The van der Waals surface area contributed by atoms with Crippen molar-refractivity contribution in [3.8, 4) is 17.0 Å². The van der Waals surface area contributed by atoms with Gasteiger partial charge in [0.05, 0.1) is 16.3 Å². The number of hydrogen-bond donors (Lipinski definition) is 2. The summed E-state index contributed by atoms with van der Waals surface area (Å²) in [5, 5.41) is 18.3. The molecule has 4 rings (SSSR count). The Hall–Kier alpha value is -3.17. The number of nitrogens with zero attached hydrogens (tertiary/aromatic N) is 4. The molecule has 30 heavy (non-hydrogen) atoms. The van der Waals surface area contributed by atoms with Crippen LogP contribution in [0, 0.1) is 0 Å². The minimum Gasteiger partial charge on any atom is -0.507 e. The van der Waals surface area contributed by atoms with Crippen molar-refractivity contribution in [2.24, 2.45) is 0 Å². The number of para-hydroxylation sites is 1. The lowest BCUT2D eigenvalue weighted by Gasteiger charge is -2.40. The third-order valence-corrected chi connectivity index (χ3v) is 7.27. The van der Waals surface area contributed by atoms with E-state index in [1.807, 2.05) is 17.9 Å². The highest BCUT2D eigenvalue weighted by atomic mass is 32.2. The largest absolute Gasteiger partial charge is 0.507 e. The van der Waals surface area contributed by atoms with Crippen molar-refractivity contribution in [3.63, 3.8) is 0 Å². The Bertz CT molecular complexity index is 1150. The third-order valence-electron chi connectivity index (χ3n) is 5.24. The van der Waals surface area contributed by atoms with Gasteiger partial charge in [-0.2, -0.15) is 4.31 Å². The van der Waals surface area contributed by atoms with Crippen molar-refractivity contribution in [3.05, 3.63) is 60.7 Å². The SMILES string of the molecule is CC1CN(c2cc(-c3ccccc3O)nnc2N)CCN1S(=O)(=O)c1ccccc1. The lowest BCUT2D eigenvalue weighted by atomic mass is 10.1. The van der Waals surface area contributed by atoms with E-state index in [2.05, 4.69) is 10.2 Å². The molecule has 1 aliphatic rings. The molecule has 1 atom stereocenters.